The third-order valence-electron chi connectivity index (χ3n) is 5.99. The van der Waals surface area contributed by atoms with Crippen LogP contribution in [0.1, 0.15) is 97.7 Å². The van der Waals surface area contributed by atoms with Gasteiger partial charge < -0.3 is 0 Å². The molecule has 0 aromatic heterocycles. The summed E-state index contributed by atoms with van der Waals surface area (Å²) < 4.78 is 0. The van der Waals surface area contributed by atoms with Crippen molar-refractivity contribution in [3.8, 4) is 0 Å². The van der Waals surface area contributed by atoms with Crippen LogP contribution < -0.4 is 0 Å². The molecule has 0 radical (unpaired) electrons. The van der Waals surface area contributed by atoms with Crippen LogP contribution in [-0.2, 0) is 0 Å². The van der Waals surface area contributed by atoms with E-state index in [1.165, 1.54) is 36.2 Å². The van der Waals surface area contributed by atoms with Gasteiger partial charge in [0.2, 0.25) is 0 Å². The lowest BCUT2D eigenvalue weighted by Crippen LogP contribution is -2.28. The molecule has 0 aromatic carbocycles. The first kappa shape index (κ1) is 14.4. The van der Waals surface area contributed by atoms with Crippen LogP contribution in [0.4, 0.5) is 0 Å². The zero-order valence-electron chi connectivity index (χ0n) is 12.8. The fourth-order valence-corrected chi connectivity index (χ4v) is 9.71. The average Bonchev–Trinajstić information content (AvgIpc) is 2.51. The Hall–Kier alpha value is 0.430. The van der Waals surface area contributed by atoms with E-state index in [-0.39, 0.29) is 1.43 Å². The molecule has 3 rings (SSSR count). The van der Waals surface area contributed by atoms with E-state index >= 15 is 0 Å². The molecule has 3 aliphatic rings. The molecule has 0 spiro atoms. The van der Waals surface area contributed by atoms with Crippen LogP contribution >= 0.6 is 7.92 Å². The van der Waals surface area contributed by atoms with E-state index in [0.717, 1.165) is 0 Å². The topological polar surface area (TPSA) is 0 Å². The second kappa shape index (κ2) is 7.44. The van der Waals surface area contributed by atoms with E-state index in [1.54, 1.807) is 77.0 Å². The van der Waals surface area contributed by atoms with Crippen molar-refractivity contribution < 1.29 is 1.43 Å². The third-order valence-corrected chi connectivity index (χ3v) is 10.1. The number of hydrogen-bond acceptors (Lipinski definition) is 0. The summed E-state index contributed by atoms with van der Waals surface area (Å²) in [5, 5.41) is 0. The molecule has 3 saturated carbocycles. The zero-order valence-corrected chi connectivity index (χ0v) is 13.7. The fraction of sp³-hybridized carbons (Fsp3) is 1.00. The Morgan fingerprint density at radius 3 is 0.947 bits per heavy atom. The molecule has 0 bridgehead atoms. The van der Waals surface area contributed by atoms with Crippen molar-refractivity contribution in [2.45, 2.75) is 113 Å². The Labute approximate surface area is 123 Å². The summed E-state index contributed by atoms with van der Waals surface area (Å²) in [5.74, 6) is 0. The largest absolute Gasteiger partial charge is 0.0971 e. The van der Waals surface area contributed by atoms with Crippen molar-refractivity contribution in [2.24, 2.45) is 0 Å². The normalized spacial score (nSPS) is 28.9. The van der Waals surface area contributed by atoms with E-state index in [1.807, 2.05) is 0 Å². The number of rotatable bonds is 3. The molecule has 1 heteroatoms. The molecule has 19 heavy (non-hydrogen) atoms. The summed E-state index contributed by atoms with van der Waals surface area (Å²) in [6.07, 6.45) is 23.6. The van der Waals surface area contributed by atoms with Gasteiger partial charge in [-0.1, -0.05) is 65.7 Å². The van der Waals surface area contributed by atoms with Crippen molar-refractivity contribution in [3.63, 3.8) is 0 Å². The minimum absolute atomic E-state index is 0. The van der Waals surface area contributed by atoms with Crippen LogP contribution in [0.5, 0.6) is 0 Å². The fourth-order valence-electron chi connectivity index (χ4n) is 5.03. The standard InChI is InChI=1S/C18H33P.H2/c1-4-10-16(11-5-1)19(17-12-6-2-7-13-17)18-14-8-3-9-15-18;/h16-18H,1-15H2;1H. The van der Waals surface area contributed by atoms with Gasteiger partial charge in [-0.3, -0.25) is 0 Å². The van der Waals surface area contributed by atoms with Gasteiger partial charge in [0.15, 0.2) is 0 Å². The molecule has 0 saturated heterocycles. The average molecular weight is 282 g/mol. The van der Waals surface area contributed by atoms with E-state index in [2.05, 4.69) is 0 Å². The Balaban J connectivity index is 0.00000147. The van der Waals surface area contributed by atoms with Gasteiger partial charge in [-0.25, -0.2) is 0 Å². The highest BCUT2D eigenvalue weighted by Gasteiger charge is 2.36. The molecule has 0 N–H and O–H groups in total. The molecule has 3 fully saturated rings. The molecule has 0 amide bonds. The molecule has 0 aromatic rings. The highest BCUT2D eigenvalue weighted by Crippen LogP contribution is 2.61. The SMILES string of the molecule is C1CCC(P(C2CCCCC2)C2CCCCC2)CC1.[HH]. The lowest BCUT2D eigenvalue weighted by molar-refractivity contribution is 0.460. The van der Waals surface area contributed by atoms with Gasteiger partial charge in [0.05, 0.1) is 0 Å². The van der Waals surface area contributed by atoms with Crippen LogP contribution in [0.2, 0.25) is 0 Å². The Morgan fingerprint density at radius 2 is 0.684 bits per heavy atom. The van der Waals surface area contributed by atoms with Crippen molar-refractivity contribution in [1.29, 1.82) is 0 Å². The zero-order chi connectivity index (χ0) is 12.9. The monoisotopic (exact) mass is 282 g/mol. The second-order valence-electron chi connectivity index (χ2n) is 7.32. The van der Waals surface area contributed by atoms with Crippen LogP contribution in [0.3, 0.4) is 0 Å². The predicted octanol–water partition coefficient (Wildman–Crippen LogP) is 6.71. The first-order valence-corrected chi connectivity index (χ1v) is 10.8. The molecule has 0 heterocycles. The highest BCUT2D eigenvalue weighted by molar-refractivity contribution is 7.59. The molecule has 3 aliphatic carbocycles. The van der Waals surface area contributed by atoms with Gasteiger partial charge in [0.25, 0.3) is 0 Å². The molecular weight excluding hydrogens is 247 g/mol. The van der Waals surface area contributed by atoms with Crippen molar-refractivity contribution in [2.75, 3.05) is 0 Å². The minimum Gasteiger partial charge on any atom is -0.0971 e. The molecule has 0 atom stereocenters. The molecule has 0 aliphatic heterocycles. The summed E-state index contributed by atoms with van der Waals surface area (Å²) in [6.45, 7) is 0. The van der Waals surface area contributed by atoms with E-state index in [0.29, 0.717) is 7.92 Å². The van der Waals surface area contributed by atoms with Crippen molar-refractivity contribution >= 4 is 7.92 Å². The molecular formula is C18H35P. The second-order valence-corrected chi connectivity index (χ2v) is 10.4. The Bertz CT molecular complexity index is 207. The van der Waals surface area contributed by atoms with Gasteiger partial charge >= 0.3 is 0 Å². The summed E-state index contributed by atoms with van der Waals surface area (Å²) in [5.41, 5.74) is 3.57. The Morgan fingerprint density at radius 1 is 0.421 bits per heavy atom. The van der Waals surface area contributed by atoms with Crippen LogP contribution in [0.25, 0.3) is 0 Å². The molecule has 0 unspecified atom stereocenters. The quantitative estimate of drug-likeness (QED) is 0.504. The van der Waals surface area contributed by atoms with Crippen LogP contribution in [0, 0.1) is 0 Å². The summed E-state index contributed by atoms with van der Waals surface area (Å²) in [7, 11) is 0.385. The van der Waals surface area contributed by atoms with Crippen molar-refractivity contribution in [1.82, 2.24) is 0 Å². The summed E-state index contributed by atoms with van der Waals surface area (Å²) >= 11 is 0. The van der Waals surface area contributed by atoms with E-state index in [9.17, 15) is 0 Å². The summed E-state index contributed by atoms with van der Waals surface area (Å²) in [4.78, 5) is 0. The Kier molecular flexibility index (Phi) is 5.63. The predicted molar refractivity (Wildman–Crippen MR) is 89.7 cm³/mol. The lowest BCUT2D eigenvalue weighted by atomic mass is 9.99. The van der Waals surface area contributed by atoms with Gasteiger partial charge in [0.1, 0.15) is 0 Å². The van der Waals surface area contributed by atoms with Crippen LogP contribution in [-0.4, -0.2) is 17.0 Å². The minimum atomic E-state index is 0. The number of hydrogen-bond donors (Lipinski definition) is 0. The van der Waals surface area contributed by atoms with E-state index < -0.39 is 0 Å². The lowest BCUT2D eigenvalue weighted by Gasteiger charge is -2.44. The van der Waals surface area contributed by atoms with Gasteiger partial charge in [-0.2, -0.15) is 0 Å². The van der Waals surface area contributed by atoms with Gasteiger partial charge in [0, 0.05) is 1.43 Å². The molecule has 0 nitrogen and oxygen atoms in total. The first-order valence-electron chi connectivity index (χ1n) is 9.22. The maximum absolute atomic E-state index is 1.61. The third kappa shape index (κ3) is 3.75. The highest BCUT2D eigenvalue weighted by atomic mass is 31.1. The first-order chi connectivity index (χ1) is 9.45. The smallest absolute Gasteiger partial charge is 0 e. The maximum atomic E-state index is 1.61. The van der Waals surface area contributed by atoms with Gasteiger partial charge in [-0.05, 0) is 55.5 Å². The maximum Gasteiger partial charge on any atom is 0 e. The van der Waals surface area contributed by atoms with Crippen LogP contribution in [0.15, 0.2) is 0 Å². The van der Waals surface area contributed by atoms with E-state index in [4.69, 9.17) is 0 Å². The van der Waals surface area contributed by atoms with Gasteiger partial charge in [-0.15, -0.1) is 0 Å². The van der Waals surface area contributed by atoms with Crippen molar-refractivity contribution in [3.05, 3.63) is 0 Å². The molecule has 112 valence electrons. The summed E-state index contributed by atoms with van der Waals surface area (Å²) in [6, 6.07) is 0.